The van der Waals surface area contributed by atoms with Crippen LogP contribution in [0.2, 0.25) is 0 Å². The zero-order valence-corrected chi connectivity index (χ0v) is 13.0. The molecule has 1 aromatic heterocycles. The van der Waals surface area contributed by atoms with Gasteiger partial charge in [0, 0.05) is 3.57 Å². The molecular formula is C15H11IN2O3. The first-order chi connectivity index (χ1) is 10.1. The van der Waals surface area contributed by atoms with Crippen LogP contribution in [0.1, 0.15) is 0 Å². The molecule has 0 unspecified atom stereocenters. The van der Waals surface area contributed by atoms with Gasteiger partial charge >= 0.3 is 5.76 Å². The molecule has 21 heavy (non-hydrogen) atoms. The SMILES string of the molecule is O=C(Cn1c(=O)oc2ccccc21)Nc1ccccc1I. The molecule has 0 saturated carbocycles. The van der Waals surface area contributed by atoms with Gasteiger partial charge in [-0.1, -0.05) is 24.3 Å². The summed E-state index contributed by atoms with van der Waals surface area (Å²) >= 11 is 2.14. The van der Waals surface area contributed by atoms with Crippen LogP contribution in [-0.4, -0.2) is 10.5 Å². The van der Waals surface area contributed by atoms with Crippen molar-refractivity contribution in [3.63, 3.8) is 0 Å². The van der Waals surface area contributed by atoms with E-state index in [-0.39, 0.29) is 12.5 Å². The molecule has 0 bridgehead atoms. The van der Waals surface area contributed by atoms with Gasteiger partial charge in [0.2, 0.25) is 5.91 Å². The maximum atomic E-state index is 12.1. The van der Waals surface area contributed by atoms with Gasteiger partial charge in [-0.15, -0.1) is 0 Å². The van der Waals surface area contributed by atoms with E-state index in [2.05, 4.69) is 27.9 Å². The number of hydrogen-bond acceptors (Lipinski definition) is 3. The summed E-state index contributed by atoms with van der Waals surface area (Å²) in [6, 6.07) is 14.5. The largest absolute Gasteiger partial charge is 0.420 e. The van der Waals surface area contributed by atoms with Crippen molar-refractivity contribution in [3.05, 3.63) is 62.7 Å². The summed E-state index contributed by atoms with van der Waals surface area (Å²) in [5.41, 5.74) is 1.81. The Kier molecular flexibility index (Phi) is 3.78. The van der Waals surface area contributed by atoms with Gasteiger partial charge in [0.1, 0.15) is 6.54 Å². The van der Waals surface area contributed by atoms with Gasteiger partial charge in [0.05, 0.1) is 11.2 Å². The average molecular weight is 394 g/mol. The third-order valence-electron chi connectivity index (χ3n) is 3.02. The van der Waals surface area contributed by atoms with Crippen molar-refractivity contribution in [2.45, 2.75) is 6.54 Å². The molecule has 6 heteroatoms. The number of aromatic nitrogens is 1. The molecule has 1 N–H and O–H groups in total. The Bertz CT molecular complexity index is 866. The lowest BCUT2D eigenvalue weighted by atomic mass is 10.3. The molecule has 0 spiro atoms. The van der Waals surface area contributed by atoms with E-state index in [9.17, 15) is 9.59 Å². The maximum absolute atomic E-state index is 12.1. The number of anilines is 1. The Hall–Kier alpha value is -2.09. The number of fused-ring (bicyclic) bond motifs is 1. The van der Waals surface area contributed by atoms with E-state index >= 15 is 0 Å². The molecule has 106 valence electrons. The summed E-state index contributed by atoms with van der Waals surface area (Å²) in [6.07, 6.45) is 0. The van der Waals surface area contributed by atoms with Gasteiger partial charge in [-0.3, -0.25) is 9.36 Å². The lowest BCUT2D eigenvalue weighted by Crippen LogP contribution is -2.25. The number of nitrogens with one attached hydrogen (secondary N) is 1. The summed E-state index contributed by atoms with van der Waals surface area (Å²) < 4.78 is 7.36. The van der Waals surface area contributed by atoms with Crippen molar-refractivity contribution < 1.29 is 9.21 Å². The molecule has 0 saturated heterocycles. The zero-order chi connectivity index (χ0) is 14.8. The summed E-state index contributed by atoms with van der Waals surface area (Å²) in [5.74, 6) is -0.804. The Morgan fingerprint density at radius 2 is 1.86 bits per heavy atom. The number of hydrogen-bond donors (Lipinski definition) is 1. The minimum absolute atomic E-state index is 0.0825. The Balaban J connectivity index is 1.86. The van der Waals surface area contributed by atoms with E-state index in [0.717, 1.165) is 9.26 Å². The second kappa shape index (κ2) is 5.72. The number of halogens is 1. The van der Waals surface area contributed by atoms with Crippen LogP contribution in [0.5, 0.6) is 0 Å². The first-order valence-electron chi connectivity index (χ1n) is 6.28. The first-order valence-corrected chi connectivity index (χ1v) is 7.36. The molecule has 3 aromatic rings. The quantitative estimate of drug-likeness (QED) is 0.695. The Labute approximate surface area is 133 Å². The summed E-state index contributed by atoms with van der Waals surface area (Å²) in [7, 11) is 0. The zero-order valence-electron chi connectivity index (χ0n) is 10.9. The number of rotatable bonds is 3. The number of benzene rings is 2. The highest BCUT2D eigenvalue weighted by Gasteiger charge is 2.12. The molecule has 5 nitrogen and oxygen atoms in total. The molecule has 1 amide bonds. The van der Waals surface area contributed by atoms with Gasteiger partial charge in [-0.2, -0.15) is 0 Å². The Morgan fingerprint density at radius 1 is 1.14 bits per heavy atom. The van der Waals surface area contributed by atoms with Gasteiger partial charge in [-0.05, 0) is 46.9 Å². The maximum Gasteiger partial charge on any atom is 0.420 e. The van der Waals surface area contributed by atoms with Crippen LogP contribution in [0.15, 0.2) is 57.7 Å². The monoisotopic (exact) mass is 394 g/mol. The van der Waals surface area contributed by atoms with E-state index in [4.69, 9.17) is 4.42 Å². The standard InChI is InChI=1S/C15H11IN2O3/c16-10-5-1-2-6-11(10)17-14(19)9-18-12-7-3-4-8-13(12)21-15(18)20/h1-8H,9H2,(H,17,19). The molecule has 0 radical (unpaired) electrons. The van der Waals surface area contributed by atoms with Crippen molar-refractivity contribution in [2.75, 3.05) is 5.32 Å². The van der Waals surface area contributed by atoms with Crippen molar-refractivity contribution >= 4 is 45.3 Å². The number of carbonyl (C=O) groups is 1. The predicted molar refractivity (Wildman–Crippen MR) is 88.3 cm³/mol. The second-order valence-corrected chi connectivity index (χ2v) is 5.61. The first kappa shape index (κ1) is 13.9. The van der Waals surface area contributed by atoms with E-state index in [1.54, 1.807) is 24.3 Å². The van der Waals surface area contributed by atoms with Gasteiger partial charge in [-0.25, -0.2) is 4.79 Å². The van der Waals surface area contributed by atoms with Crippen molar-refractivity contribution in [1.82, 2.24) is 4.57 Å². The number of oxazole rings is 1. The third-order valence-corrected chi connectivity index (χ3v) is 3.96. The lowest BCUT2D eigenvalue weighted by molar-refractivity contribution is -0.116. The minimum Gasteiger partial charge on any atom is -0.408 e. The molecule has 0 fully saturated rings. The van der Waals surface area contributed by atoms with Crippen LogP contribution >= 0.6 is 22.6 Å². The smallest absolute Gasteiger partial charge is 0.408 e. The predicted octanol–water partition coefficient (Wildman–Crippen LogP) is 2.84. The molecule has 0 atom stereocenters. The third kappa shape index (κ3) is 2.85. The molecule has 0 aliphatic rings. The highest BCUT2D eigenvalue weighted by Crippen LogP contribution is 2.17. The van der Waals surface area contributed by atoms with Crippen LogP contribution in [0.3, 0.4) is 0 Å². The highest BCUT2D eigenvalue weighted by molar-refractivity contribution is 14.1. The molecule has 2 aromatic carbocycles. The van der Waals surface area contributed by atoms with Crippen LogP contribution in [0, 0.1) is 3.57 Å². The van der Waals surface area contributed by atoms with Gasteiger partial charge in [0.15, 0.2) is 5.58 Å². The average Bonchev–Trinajstić information content (AvgIpc) is 2.78. The number of para-hydroxylation sites is 3. The summed E-state index contributed by atoms with van der Waals surface area (Å²) in [5, 5.41) is 2.79. The van der Waals surface area contributed by atoms with Crippen LogP contribution in [0.25, 0.3) is 11.1 Å². The molecule has 1 heterocycles. The van der Waals surface area contributed by atoms with Gasteiger partial charge in [0.25, 0.3) is 0 Å². The van der Waals surface area contributed by atoms with Crippen molar-refractivity contribution in [2.24, 2.45) is 0 Å². The summed E-state index contributed by atoms with van der Waals surface area (Å²) in [4.78, 5) is 23.9. The van der Waals surface area contributed by atoms with E-state index in [1.807, 2.05) is 24.3 Å². The number of amides is 1. The second-order valence-electron chi connectivity index (χ2n) is 4.45. The normalized spacial score (nSPS) is 10.7. The fraction of sp³-hybridized carbons (Fsp3) is 0.0667. The number of carbonyl (C=O) groups excluding carboxylic acids is 1. The minimum atomic E-state index is -0.533. The number of nitrogens with zero attached hydrogens (tertiary/aromatic N) is 1. The fourth-order valence-electron chi connectivity index (χ4n) is 2.06. The molecule has 0 aliphatic carbocycles. The molecule has 0 aliphatic heterocycles. The van der Waals surface area contributed by atoms with Crippen LogP contribution in [0.4, 0.5) is 5.69 Å². The molecule has 3 rings (SSSR count). The lowest BCUT2D eigenvalue weighted by Gasteiger charge is -2.07. The molecular weight excluding hydrogens is 383 g/mol. The van der Waals surface area contributed by atoms with Crippen molar-refractivity contribution in [1.29, 1.82) is 0 Å². The van der Waals surface area contributed by atoms with Crippen molar-refractivity contribution in [3.8, 4) is 0 Å². The Morgan fingerprint density at radius 3 is 2.67 bits per heavy atom. The topological polar surface area (TPSA) is 64.2 Å². The fourth-order valence-corrected chi connectivity index (χ4v) is 2.58. The highest BCUT2D eigenvalue weighted by atomic mass is 127. The van der Waals surface area contributed by atoms with Gasteiger partial charge < -0.3 is 9.73 Å². The van der Waals surface area contributed by atoms with E-state index in [0.29, 0.717) is 11.1 Å². The van der Waals surface area contributed by atoms with E-state index < -0.39 is 5.76 Å². The summed E-state index contributed by atoms with van der Waals surface area (Å²) in [6.45, 7) is -0.0825. The van der Waals surface area contributed by atoms with Crippen LogP contribution < -0.4 is 11.1 Å². The van der Waals surface area contributed by atoms with E-state index in [1.165, 1.54) is 4.57 Å². The van der Waals surface area contributed by atoms with Crippen LogP contribution in [-0.2, 0) is 11.3 Å².